The summed E-state index contributed by atoms with van der Waals surface area (Å²) in [6.45, 7) is 6.09. The van der Waals surface area contributed by atoms with Crippen LogP contribution in [0.5, 0.6) is 0 Å². The van der Waals surface area contributed by atoms with Gasteiger partial charge in [0.15, 0.2) is 0 Å². The number of carbonyl (C=O) groups excluding carboxylic acids is 1. The van der Waals surface area contributed by atoms with Crippen molar-refractivity contribution in [2.45, 2.75) is 45.3 Å². The second-order valence-electron chi connectivity index (χ2n) is 6.22. The minimum atomic E-state index is -0.806. The Balaban J connectivity index is 2.20. The lowest BCUT2D eigenvalue weighted by molar-refractivity contribution is 0.0242. The molecule has 0 saturated carbocycles. The maximum Gasteiger partial charge on any atom is 0.414 e. The van der Waals surface area contributed by atoms with Crippen LogP contribution in [0.2, 0.25) is 0 Å². The maximum atomic E-state index is 12.3. The summed E-state index contributed by atoms with van der Waals surface area (Å²) < 4.78 is 5.43. The second kappa shape index (κ2) is 6.31. The standard InChI is InChI=1S/C17H23NO3/c1-17(2,3)21-16(20)18-12-8-7-11-14(18)15(19)13-9-5-4-6-10-13/h4-6,9-11,15,19H,7-8,12H2,1-3H3. The van der Waals surface area contributed by atoms with Crippen LogP contribution in [-0.2, 0) is 4.74 Å². The SMILES string of the molecule is CC(C)(C)OC(=O)N1CCCC=C1C(O)c1ccccc1. The lowest BCUT2D eigenvalue weighted by atomic mass is 10.0. The van der Waals surface area contributed by atoms with E-state index in [4.69, 9.17) is 4.74 Å². The van der Waals surface area contributed by atoms with Gasteiger partial charge in [0.2, 0.25) is 0 Å². The number of hydrogen-bond donors (Lipinski definition) is 1. The molecule has 0 fully saturated rings. The van der Waals surface area contributed by atoms with E-state index < -0.39 is 17.8 Å². The Morgan fingerprint density at radius 1 is 1.29 bits per heavy atom. The third-order valence-corrected chi connectivity index (χ3v) is 3.26. The highest BCUT2D eigenvalue weighted by molar-refractivity contribution is 5.71. The first kappa shape index (κ1) is 15.6. The zero-order valence-electron chi connectivity index (χ0n) is 12.9. The molecule has 4 nitrogen and oxygen atoms in total. The molecule has 2 rings (SSSR count). The van der Waals surface area contributed by atoms with Gasteiger partial charge in [-0.15, -0.1) is 0 Å². The highest BCUT2D eigenvalue weighted by atomic mass is 16.6. The van der Waals surface area contributed by atoms with E-state index in [2.05, 4.69) is 0 Å². The van der Waals surface area contributed by atoms with Crippen LogP contribution in [0.25, 0.3) is 0 Å². The topological polar surface area (TPSA) is 49.8 Å². The van der Waals surface area contributed by atoms with Crippen LogP contribution in [0, 0.1) is 0 Å². The summed E-state index contributed by atoms with van der Waals surface area (Å²) in [4.78, 5) is 13.9. The van der Waals surface area contributed by atoms with Crippen molar-refractivity contribution in [3.63, 3.8) is 0 Å². The van der Waals surface area contributed by atoms with Gasteiger partial charge >= 0.3 is 6.09 Å². The van der Waals surface area contributed by atoms with Crippen LogP contribution in [0.1, 0.15) is 45.3 Å². The molecule has 0 aromatic heterocycles. The van der Waals surface area contributed by atoms with Crippen LogP contribution in [0.3, 0.4) is 0 Å². The highest BCUT2D eigenvalue weighted by Gasteiger charge is 2.30. The molecule has 1 aliphatic rings. The molecular weight excluding hydrogens is 266 g/mol. The number of allylic oxidation sites excluding steroid dienone is 1. The average molecular weight is 289 g/mol. The van der Waals surface area contributed by atoms with Crippen molar-refractivity contribution in [2.24, 2.45) is 0 Å². The van der Waals surface area contributed by atoms with Crippen LogP contribution in [-0.4, -0.2) is 28.2 Å². The first-order valence-corrected chi connectivity index (χ1v) is 7.32. The fourth-order valence-electron chi connectivity index (χ4n) is 2.32. The lowest BCUT2D eigenvalue weighted by Gasteiger charge is -2.33. The number of benzene rings is 1. The number of rotatable bonds is 2. The molecule has 4 heteroatoms. The van der Waals surface area contributed by atoms with Gasteiger partial charge in [-0.05, 0) is 39.2 Å². The summed E-state index contributed by atoms with van der Waals surface area (Å²) in [5, 5.41) is 10.5. The summed E-state index contributed by atoms with van der Waals surface area (Å²) in [7, 11) is 0. The molecule has 1 unspecified atom stereocenters. The molecule has 0 bridgehead atoms. The van der Waals surface area contributed by atoms with Crippen molar-refractivity contribution in [1.82, 2.24) is 4.90 Å². The number of aliphatic hydroxyl groups excluding tert-OH is 1. The molecule has 114 valence electrons. The monoisotopic (exact) mass is 289 g/mol. The number of hydrogen-bond acceptors (Lipinski definition) is 3. The van der Waals surface area contributed by atoms with Crippen LogP contribution >= 0.6 is 0 Å². The highest BCUT2D eigenvalue weighted by Crippen LogP contribution is 2.29. The Hall–Kier alpha value is -1.81. The third kappa shape index (κ3) is 4.08. The molecule has 1 heterocycles. The first-order valence-electron chi connectivity index (χ1n) is 7.32. The van der Waals surface area contributed by atoms with E-state index >= 15 is 0 Å². The first-order chi connectivity index (χ1) is 9.88. The van der Waals surface area contributed by atoms with Gasteiger partial charge in [0, 0.05) is 6.54 Å². The average Bonchev–Trinajstić information content (AvgIpc) is 2.45. The molecular formula is C17H23NO3. The van der Waals surface area contributed by atoms with Gasteiger partial charge in [0.1, 0.15) is 11.7 Å². The van der Waals surface area contributed by atoms with E-state index in [1.54, 1.807) is 4.90 Å². The number of aliphatic hydroxyl groups is 1. The Bertz CT molecular complexity index is 517. The van der Waals surface area contributed by atoms with Gasteiger partial charge in [0.05, 0.1) is 5.70 Å². The molecule has 1 aromatic rings. The zero-order valence-corrected chi connectivity index (χ0v) is 12.9. The zero-order chi connectivity index (χ0) is 15.5. The maximum absolute atomic E-state index is 12.3. The Labute approximate surface area is 126 Å². The van der Waals surface area contributed by atoms with E-state index in [1.165, 1.54) is 0 Å². The third-order valence-electron chi connectivity index (χ3n) is 3.26. The van der Waals surface area contributed by atoms with Crippen LogP contribution in [0.4, 0.5) is 4.79 Å². The predicted octanol–water partition coefficient (Wildman–Crippen LogP) is 3.63. The summed E-state index contributed by atoms with van der Waals surface area (Å²) in [6.07, 6.45) is 2.45. The molecule has 1 atom stereocenters. The molecule has 1 N–H and O–H groups in total. The smallest absolute Gasteiger partial charge is 0.414 e. The predicted molar refractivity (Wildman–Crippen MR) is 81.7 cm³/mol. The van der Waals surface area contributed by atoms with Gasteiger partial charge in [-0.25, -0.2) is 4.79 Å². The van der Waals surface area contributed by atoms with Crippen molar-refractivity contribution in [3.05, 3.63) is 47.7 Å². The minimum absolute atomic E-state index is 0.400. The van der Waals surface area contributed by atoms with Crippen LogP contribution in [0.15, 0.2) is 42.1 Å². The number of nitrogens with zero attached hydrogens (tertiary/aromatic N) is 1. The number of carbonyl (C=O) groups is 1. The van der Waals surface area contributed by atoms with E-state index in [9.17, 15) is 9.90 Å². The molecule has 1 aliphatic heterocycles. The van der Waals surface area contributed by atoms with E-state index in [-0.39, 0.29) is 0 Å². The van der Waals surface area contributed by atoms with Crippen molar-refractivity contribution >= 4 is 6.09 Å². The van der Waals surface area contributed by atoms with Gasteiger partial charge in [-0.3, -0.25) is 4.90 Å². The Morgan fingerprint density at radius 3 is 2.57 bits per heavy atom. The lowest BCUT2D eigenvalue weighted by Crippen LogP contribution is -2.39. The number of ether oxygens (including phenoxy) is 1. The van der Waals surface area contributed by atoms with Gasteiger partial charge in [-0.1, -0.05) is 36.4 Å². The van der Waals surface area contributed by atoms with Gasteiger partial charge < -0.3 is 9.84 Å². The summed E-state index contributed by atoms with van der Waals surface area (Å²) in [5.74, 6) is 0. The Morgan fingerprint density at radius 2 is 1.95 bits per heavy atom. The summed E-state index contributed by atoms with van der Waals surface area (Å²) in [6, 6.07) is 9.36. The van der Waals surface area contributed by atoms with E-state index in [0.717, 1.165) is 18.4 Å². The second-order valence-corrected chi connectivity index (χ2v) is 6.22. The van der Waals surface area contributed by atoms with E-state index in [1.807, 2.05) is 57.2 Å². The molecule has 1 amide bonds. The van der Waals surface area contributed by atoms with Crippen molar-refractivity contribution < 1.29 is 14.6 Å². The molecule has 0 saturated heterocycles. The summed E-state index contributed by atoms with van der Waals surface area (Å²) >= 11 is 0. The largest absolute Gasteiger partial charge is 0.443 e. The van der Waals surface area contributed by atoms with Gasteiger partial charge in [0.25, 0.3) is 0 Å². The quantitative estimate of drug-likeness (QED) is 0.904. The molecule has 0 aliphatic carbocycles. The minimum Gasteiger partial charge on any atom is -0.443 e. The normalized spacial score (nSPS) is 17.1. The molecule has 0 spiro atoms. The van der Waals surface area contributed by atoms with Crippen molar-refractivity contribution in [3.8, 4) is 0 Å². The van der Waals surface area contributed by atoms with Gasteiger partial charge in [-0.2, -0.15) is 0 Å². The van der Waals surface area contributed by atoms with Crippen molar-refractivity contribution in [1.29, 1.82) is 0 Å². The summed E-state index contributed by atoms with van der Waals surface area (Å²) in [5.41, 5.74) is 0.845. The number of amides is 1. The molecule has 1 aromatic carbocycles. The van der Waals surface area contributed by atoms with E-state index in [0.29, 0.717) is 12.2 Å². The fraction of sp³-hybridized carbons (Fsp3) is 0.471. The van der Waals surface area contributed by atoms with Crippen molar-refractivity contribution in [2.75, 3.05) is 6.54 Å². The fourth-order valence-corrected chi connectivity index (χ4v) is 2.32. The Kier molecular flexibility index (Phi) is 4.68. The van der Waals surface area contributed by atoms with Crippen LogP contribution < -0.4 is 0 Å². The molecule has 0 radical (unpaired) electrons. The molecule has 21 heavy (non-hydrogen) atoms.